The van der Waals surface area contributed by atoms with Crippen LogP contribution in [0.5, 0.6) is 0 Å². The van der Waals surface area contributed by atoms with Crippen LogP contribution in [-0.2, 0) is 0 Å². The molecule has 23 heavy (non-hydrogen) atoms. The van der Waals surface area contributed by atoms with Gasteiger partial charge in [-0.2, -0.15) is 0 Å². The lowest BCUT2D eigenvalue weighted by atomic mass is 10.1. The molecule has 0 saturated carbocycles. The third-order valence-corrected chi connectivity index (χ3v) is 3.62. The average molecular weight is 372 g/mol. The van der Waals surface area contributed by atoms with Crippen molar-refractivity contribution in [3.05, 3.63) is 85.1 Å². The van der Waals surface area contributed by atoms with Crippen molar-refractivity contribution in [1.82, 2.24) is 0 Å². The minimum Gasteiger partial charge on any atom is -0.356 e. The van der Waals surface area contributed by atoms with Crippen LogP contribution in [0.3, 0.4) is 0 Å². The Hall–Kier alpha value is -2.08. The van der Waals surface area contributed by atoms with Gasteiger partial charge in [0.1, 0.15) is 0 Å². The Morgan fingerprint density at radius 1 is 1.04 bits per heavy atom. The highest BCUT2D eigenvalue weighted by atomic mass is 35.5. The van der Waals surface area contributed by atoms with Crippen LogP contribution in [0.1, 0.15) is 10.4 Å². The number of hydrogen-bond donors (Lipinski definition) is 1. The van der Waals surface area contributed by atoms with Gasteiger partial charge >= 0.3 is 5.70 Å². The summed E-state index contributed by atoms with van der Waals surface area (Å²) in [5, 5.41) is 14.7. The molecule has 1 N–H and O–H groups in total. The zero-order chi connectivity index (χ0) is 17.0. The highest BCUT2D eigenvalue weighted by Gasteiger charge is 2.25. The fraction of sp³-hybridized carbons (Fsp3) is 0. The summed E-state index contributed by atoms with van der Waals surface area (Å²) in [5.41, 5.74) is -0.107. The second-order valence-corrected chi connectivity index (χ2v) is 5.67. The van der Waals surface area contributed by atoms with Crippen LogP contribution >= 0.6 is 34.8 Å². The second kappa shape index (κ2) is 7.46. The fourth-order valence-electron chi connectivity index (χ4n) is 1.71. The molecular weight excluding hydrogens is 363 g/mol. The minimum absolute atomic E-state index is 0.00285. The number of rotatable bonds is 5. The lowest BCUT2D eigenvalue weighted by molar-refractivity contribution is -0.416. The third kappa shape index (κ3) is 4.45. The first-order valence-electron chi connectivity index (χ1n) is 6.25. The predicted molar refractivity (Wildman–Crippen MR) is 90.9 cm³/mol. The van der Waals surface area contributed by atoms with Gasteiger partial charge in [-0.1, -0.05) is 34.8 Å². The van der Waals surface area contributed by atoms with Crippen molar-refractivity contribution in [3.8, 4) is 0 Å². The maximum absolute atomic E-state index is 12.3. The molecule has 0 atom stereocenters. The Morgan fingerprint density at radius 3 is 2.22 bits per heavy atom. The molecule has 0 aliphatic rings. The fourth-order valence-corrected chi connectivity index (χ4v) is 2.33. The first kappa shape index (κ1) is 17.3. The molecule has 0 unspecified atom stereocenters. The van der Waals surface area contributed by atoms with E-state index >= 15 is 0 Å². The van der Waals surface area contributed by atoms with Crippen LogP contribution in [0.15, 0.2) is 54.4 Å². The maximum atomic E-state index is 12.3. The van der Waals surface area contributed by atoms with Crippen LogP contribution < -0.4 is 5.32 Å². The van der Waals surface area contributed by atoms with Crippen LogP contribution in [0.4, 0.5) is 5.69 Å². The van der Waals surface area contributed by atoms with Crippen molar-refractivity contribution in [1.29, 1.82) is 0 Å². The van der Waals surface area contributed by atoms with Crippen LogP contribution in [0.25, 0.3) is 0 Å². The van der Waals surface area contributed by atoms with Gasteiger partial charge in [-0.3, -0.25) is 14.9 Å². The van der Waals surface area contributed by atoms with Gasteiger partial charge in [0.15, 0.2) is 0 Å². The van der Waals surface area contributed by atoms with Gasteiger partial charge < -0.3 is 5.32 Å². The Bertz CT molecular complexity index is 789. The standard InChI is InChI=1S/C15H9Cl3N2O3/c16-9-1-4-11(5-2-9)19-8-14(20(22)23)15(21)12-6-3-10(17)7-13(12)18/h1-8,19H/b14-8-. The number of Topliss-reactive ketones (excluding diaryl/α,β-unsaturated/α-hetero) is 1. The largest absolute Gasteiger partial charge is 0.356 e. The number of nitrogens with one attached hydrogen (secondary N) is 1. The topological polar surface area (TPSA) is 72.2 Å². The van der Waals surface area contributed by atoms with Crippen LogP contribution in [-0.4, -0.2) is 10.7 Å². The normalized spacial score (nSPS) is 11.2. The van der Waals surface area contributed by atoms with E-state index in [0.29, 0.717) is 15.7 Å². The first-order valence-corrected chi connectivity index (χ1v) is 7.38. The first-order chi connectivity index (χ1) is 10.9. The number of nitro groups is 1. The van der Waals surface area contributed by atoms with E-state index in [0.717, 1.165) is 6.20 Å². The molecule has 0 aromatic heterocycles. The van der Waals surface area contributed by atoms with Crippen molar-refractivity contribution in [2.45, 2.75) is 0 Å². The zero-order valence-corrected chi connectivity index (χ0v) is 13.7. The number of anilines is 1. The van der Waals surface area contributed by atoms with Crippen molar-refractivity contribution in [2.24, 2.45) is 0 Å². The molecule has 5 nitrogen and oxygen atoms in total. The van der Waals surface area contributed by atoms with E-state index in [4.69, 9.17) is 34.8 Å². The molecule has 0 heterocycles. The van der Waals surface area contributed by atoms with Gasteiger partial charge in [0.25, 0.3) is 5.78 Å². The number of hydrogen-bond acceptors (Lipinski definition) is 4. The molecule has 0 amide bonds. The van der Waals surface area contributed by atoms with Gasteiger partial charge in [-0.25, -0.2) is 0 Å². The van der Waals surface area contributed by atoms with E-state index in [1.807, 2.05) is 0 Å². The highest BCUT2D eigenvalue weighted by Crippen LogP contribution is 2.23. The second-order valence-electron chi connectivity index (χ2n) is 4.39. The molecule has 0 bridgehead atoms. The lowest BCUT2D eigenvalue weighted by Crippen LogP contribution is -2.14. The summed E-state index contributed by atoms with van der Waals surface area (Å²) in [4.78, 5) is 22.7. The Balaban J connectivity index is 2.30. The van der Waals surface area contributed by atoms with Crippen molar-refractivity contribution < 1.29 is 9.72 Å². The quantitative estimate of drug-likeness (QED) is 0.345. The monoisotopic (exact) mass is 370 g/mol. The molecule has 2 rings (SSSR count). The SMILES string of the molecule is O=C(/C(=C/Nc1ccc(Cl)cc1)[N+](=O)[O-])c1ccc(Cl)cc1Cl. The summed E-state index contributed by atoms with van der Waals surface area (Å²) in [7, 11) is 0. The van der Waals surface area contributed by atoms with Crippen LogP contribution in [0, 0.1) is 10.1 Å². The van der Waals surface area contributed by atoms with E-state index in [2.05, 4.69) is 5.32 Å². The summed E-state index contributed by atoms with van der Waals surface area (Å²) in [6.45, 7) is 0. The molecule has 2 aromatic rings. The molecule has 0 radical (unpaired) electrons. The summed E-state index contributed by atoms with van der Waals surface area (Å²) in [5.74, 6) is -0.821. The number of nitrogens with zero attached hydrogens (tertiary/aromatic N) is 1. The average Bonchev–Trinajstić information content (AvgIpc) is 2.48. The molecule has 0 fully saturated rings. The van der Waals surface area contributed by atoms with Crippen LogP contribution in [0.2, 0.25) is 15.1 Å². The minimum atomic E-state index is -0.821. The predicted octanol–water partition coefficient (Wildman–Crippen LogP) is 5.06. The molecule has 0 saturated heterocycles. The molecule has 0 aliphatic heterocycles. The van der Waals surface area contributed by atoms with Gasteiger partial charge in [-0.05, 0) is 42.5 Å². The van der Waals surface area contributed by atoms with E-state index in [1.165, 1.54) is 18.2 Å². The Labute approximate surface area is 146 Å². The maximum Gasteiger partial charge on any atom is 0.332 e. The Kier molecular flexibility index (Phi) is 5.60. The van der Waals surface area contributed by atoms with E-state index in [1.54, 1.807) is 24.3 Å². The van der Waals surface area contributed by atoms with E-state index in [9.17, 15) is 14.9 Å². The highest BCUT2D eigenvalue weighted by molar-refractivity contribution is 6.37. The molecule has 0 spiro atoms. The van der Waals surface area contributed by atoms with Gasteiger partial charge in [0.05, 0.1) is 16.1 Å². The number of carbonyl (C=O) groups is 1. The van der Waals surface area contributed by atoms with E-state index in [-0.39, 0.29) is 10.6 Å². The number of benzene rings is 2. The van der Waals surface area contributed by atoms with E-state index < -0.39 is 16.4 Å². The third-order valence-electron chi connectivity index (χ3n) is 2.82. The smallest absolute Gasteiger partial charge is 0.332 e. The number of halogens is 3. The molecule has 2 aromatic carbocycles. The number of carbonyl (C=O) groups excluding carboxylic acids is 1. The summed E-state index contributed by atoms with van der Waals surface area (Å²) < 4.78 is 0. The lowest BCUT2D eigenvalue weighted by Gasteiger charge is -2.04. The number of ketones is 1. The van der Waals surface area contributed by atoms with Crippen molar-refractivity contribution >= 4 is 46.3 Å². The Morgan fingerprint density at radius 2 is 1.65 bits per heavy atom. The van der Waals surface area contributed by atoms with Gasteiger partial charge in [0.2, 0.25) is 0 Å². The summed E-state index contributed by atoms with van der Waals surface area (Å²) in [6, 6.07) is 10.6. The van der Waals surface area contributed by atoms with Gasteiger partial charge in [-0.15, -0.1) is 0 Å². The van der Waals surface area contributed by atoms with Crippen molar-refractivity contribution in [3.63, 3.8) is 0 Å². The molecule has 0 aliphatic carbocycles. The molecule has 118 valence electrons. The number of allylic oxidation sites excluding steroid dienone is 1. The van der Waals surface area contributed by atoms with Crippen molar-refractivity contribution in [2.75, 3.05) is 5.32 Å². The zero-order valence-electron chi connectivity index (χ0n) is 11.4. The molecular formula is C15H9Cl3N2O3. The summed E-state index contributed by atoms with van der Waals surface area (Å²) >= 11 is 17.4. The molecule has 8 heteroatoms. The summed E-state index contributed by atoms with van der Waals surface area (Å²) in [6.07, 6.45) is 1.01. The van der Waals surface area contributed by atoms with Gasteiger partial charge in [0, 0.05) is 21.3 Å².